The molecule has 1 aromatic rings. The van der Waals surface area contributed by atoms with Gasteiger partial charge < -0.3 is 9.64 Å². The van der Waals surface area contributed by atoms with Crippen molar-refractivity contribution in [1.82, 2.24) is 9.80 Å². The minimum Gasteiger partial charge on any atom is -0.375 e. The van der Waals surface area contributed by atoms with Gasteiger partial charge in [0.1, 0.15) is 5.82 Å². The van der Waals surface area contributed by atoms with E-state index >= 15 is 0 Å². The van der Waals surface area contributed by atoms with Gasteiger partial charge in [-0.3, -0.25) is 9.69 Å². The van der Waals surface area contributed by atoms with Crippen LogP contribution in [0.25, 0.3) is 0 Å². The van der Waals surface area contributed by atoms with Crippen LogP contribution in [-0.2, 0) is 16.1 Å². The van der Waals surface area contributed by atoms with E-state index in [-0.39, 0.29) is 11.4 Å². The van der Waals surface area contributed by atoms with Gasteiger partial charge in [0.05, 0.1) is 5.60 Å². The quantitative estimate of drug-likeness (QED) is 0.599. The van der Waals surface area contributed by atoms with E-state index in [1.807, 2.05) is 12.1 Å². The van der Waals surface area contributed by atoms with E-state index in [0.717, 1.165) is 58.3 Å². The summed E-state index contributed by atoms with van der Waals surface area (Å²) in [7, 11) is 0. The summed E-state index contributed by atoms with van der Waals surface area (Å²) in [5, 5.41) is 0. The Balaban J connectivity index is 1.17. The second-order valence-corrected chi connectivity index (χ2v) is 10.8. The van der Waals surface area contributed by atoms with Crippen molar-refractivity contribution in [3.63, 3.8) is 0 Å². The average Bonchev–Trinajstić information content (AvgIpc) is 3.65. The Labute approximate surface area is 192 Å². The number of hydrogen-bond donors (Lipinski definition) is 0. The molecule has 2 saturated carbocycles. The Kier molecular flexibility index (Phi) is 6.84. The first kappa shape index (κ1) is 22.3. The molecule has 0 radical (unpaired) electrons. The van der Waals surface area contributed by atoms with Crippen LogP contribution in [0.4, 0.5) is 4.39 Å². The average molecular weight is 443 g/mol. The first-order valence-corrected chi connectivity index (χ1v) is 13.0. The van der Waals surface area contributed by atoms with Gasteiger partial charge in [0.15, 0.2) is 0 Å². The van der Waals surface area contributed by atoms with E-state index in [0.29, 0.717) is 23.9 Å². The number of piperidine rings is 1. The zero-order chi connectivity index (χ0) is 22.0. The fraction of sp³-hybridized carbons (Fsp3) is 0.741. The smallest absolute Gasteiger partial charge is 0.222 e. The molecular weight excluding hydrogens is 403 g/mol. The maximum atomic E-state index is 13.4. The van der Waals surface area contributed by atoms with Crippen LogP contribution in [0.1, 0.15) is 82.6 Å². The number of carbonyl (C=O) groups is 1. The summed E-state index contributed by atoms with van der Waals surface area (Å²) in [6.07, 6.45) is 13.8. The van der Waals surface area contributed by atoms with Crippen LogP contribution < -0.4 is 0 Å². The van der Waals surface area contributed by atoms with Crippen molar-refractivity contribution in [2.75, 3.05) is 19.7 Å². The third-order valence-corrected chi connectivity index (χ3v) is 8.45. The van der Waals surface area contributed by atoms with E-state index in [2.05, 4.69) is 9.80 Å². The zero-order valence-corrected chi connectivity index (χ0v) is 19.4. The molecule has 1 unspecified atom stereocenters. The summed E-state index contributed by atoms with van der Waals surface area (Å²) in [5.74, 6) is 0.817. The molecule has 176 valence electrons. The van der Waals surface area contributed by atoms with E-state index < -0.39 is 0 Å². The van der Waals surface area contributed by atoms with Gasteiger partial charge in [-0.05, 0) is 75.0 Å². The second kappa shape index (κ2) is 9.80. The van der Waals surface area contributed by atoms with Crippen LogP contribution in [0.2, 0.25) is 0 Å². The monoisotopic (exact) mass is 442 g/mol. The molecule has 1 atom stereocenters. The Hall–Kier alpha value is -1.46. The molecule has 5 rings (SSSR count). The van der Waals surface area contributed by atoms with Gasteiger partial charge in [0.2, 0.25) is 5.91 Å². The molecule has 4 aliphatic rings. The minimum absolute atomic E-state index is 0.0690. The van der Waals surface area contributed by atoms with Crippen LogP contribution in [0.3, 0.4) is 0 Å². The molecule has 0 aromatic heterocycles. The van der Waals surface area contributed by atoms with Crippen molar-refractivity contribution in [3.8, 4) is 0 Å². The zero-order valence-electron chi connectivity index (χ0n) is 19.4. The molecule has 0 bridgehead atoms. The van der Waals surface area contributed by atoms with Gasteiger partial charge in [-0.2, -0.15) is 0 Å². The summed E-state index contributed by atoms with van der Waals surface area (Å²) >= 11 is 0. The van der Waals surface area contributed by atoms with Crippen molar-refractivity contribution in [3.05, 3.63) is 35.6 Å². The van der Waals surface area contributed by atoms with Gasteiger partial charge in [-0.25, -0.2) is 4.39 Å². The fourth-order valence-corrected chi connectivity index (χ4v) is 6.33. The maximum absolute atomic E-state index is 13.4. The van der Waals surface area contributed by atoms with Crippen molar-refractivity contribution < 1.29 is 13.9 Å². The van der Waals surface area contributed by atoms with Crippen LogP contribution >= 0.6 is 0 Å². The molecule has 1 spiro atoms. The summed E-state index contributed by atoms with van der Waals surface area (Å²) in [5.41, 5.74) is 1.13. The van der Waals surface area contributed by atoms with Crippen molar-refractivity contribution >= 4 is 5.91 Å². The lowest BCUT2D eigenvalue weighted by Crippen LogP contribution is -2.54. The van der Waals surface area contributed by atoms with Crippen molar-refractivity contribution in [2.24, 2.45) is 5.92 Å². The minimum atomic E-state index is -0.165. The Morgan fingerprint density at radius 3 is 2.41 bits per heavy atom. The van der Waals surface area contributed by atoms with Gasteiger partial charge >= 0.3 is 0 Å². The van der Waals surface area contributed by atoms with Gasteiger partial charge in [0.25, 0.3) is 0 Å². The number of ether oxygens (including phenoxy) is 1. The number of likely N-dealkylation sites (tertiary alicyclic amines) is 1. The lowest BCUT2D eigenvalue weighted by Gasteiger charge is -2.48. The SMILES string of the molecule is O=C(CC1CCCCC1)N1CCC2(CC1)CC(N(Cc1ccc(F)cc1)C1CC1)CCO2. The summed E-state index contributed by atoms with van der Waals surface area (Å²) in [6.45, 7) is 3.41. The van der Waals surface area contributed by atoms with Crippen LogP contribution in [0.5, 0.6) is 0 Å². The standard InChI is InChI=1S/C27H39FN2O2/c28-23-8-6-22(7-9-23)20-30(24-10-11-24)25-12-17-32-27(19-25)13-15-29(16-14-27)26(31)18-21-4-2-1-3-5-21/h6-9,21,24-25H,1-5,10-20H2. The highest BCUT2D eigenvalue weighted by molar-refractivity contribution is 5.76. The molecule has 2 heterocycles. The van der Waals surface area contributed by atoms with Gasteiger partial charge in [0, 0.05) is 44.7 Å². The molecule has 2 aliphatic carbocycles. The Bertz CT molecular complexity index is 764. The normalized spacial score (nSPS) is 26.6. The lowest BCUT2D eigenvalue weighted by atomic mass is 9.81. The Morgan fingerprint density at radius 2 is 1.72 bits per heavy atom. The van der Waals surface area contributed by atoms with Crippen LogP contribution in [0.15, 0.2) is 24.3 Å². The predicted molar refractivity (Wildman–Crippen MR) is 124 cm³/mol. The second-order valence-electron chi connectivity index (χ2n) is 10.8. The highest BCUT2D eigenvalue weighted by Gasteiger charge is 2.45. The third-order valence-electron chi connectivity index (χ3n) is 8.45. The third kappa shape index (κ3) is 5.36. The van der Waals surface area contributed by atoms with Crippen LogP contribution in [0, 0.1) is 11.7 Å². The summed E-state index contributed by atoms with van der Waals surface area (Å²) < 4.78 is 19.8. The molecule has 2 aliphatic heterocycles. The number of halogens is 1. The van der Waals surface area contributed by atoms with E-state index in [4.69, 9.17) is 4.74 Å². The summed E-state index contributed by atoms with van der Waals surface area (Å²) in [6, 6.07) is 8.19. The molecule has 0 N–H and O–H groups in total. The summed E-state index contributed by atoms with van der Waals surface area (Å²) in [4.78, 5) is 17.7. The fourth-order valence-electron chi connectivity index (χ4n) is 6.33. The number of rotatable bonds is 6. The number of benzene rings is 1. The molecule has 4 nitrogen and oxygen atoms in total. The molecule has 32 heavy (non-hydrogen) atoms. The van der Waals surface area contributed by atoms with Crippen molar-refractivity contribution in [1.29, 1.82) is 0 Å². The van der Waals surface area contributed by atoms with Crippen molar-refractivity contribution in [2.45, 2.75) is 101 Å². The molecule has 5 heteroatoms. The van der Waals surface area contributed by atoms with E-state index in [9.17, 15) is 9.18 Å². The molecule has 2 saturated heterocycles. The van der Waals surface area contributed by atoms with E-state index in [1.54, 1.807) is 12.1 Å². The first-order chi connectivity index (χ1) is 15.6. The highest BCUT2D eigenvalue weighted by atomic mass is 19.1. The lowest BCUT2D eigenvalue weighted by molar-refractivity contribution is -0.150. The number of hydrogen-bond acceptors (Lipinski definition) is 3. The molecular formula is C27H39FN2O2. The number of nitrogens with zero attached hydrogens (tertiary/aromatic N) is 2. The number of amides is 1. The van der Waals surface area contributed by atoms with Crippen LogP contribution in [-0.4, -0.2) is 53.1 Å². The van der Waals surface area contributed by atoms with Gasteiger partial charge in [-0.1, -0.05) is 31.4 Å². The van der Waals surface area contributed by atoms with E-state index in [1.165, 1.54) is 50.5 Å². The van der Waals surface area contributed by atoms with Gasteiger partial charge in [-0.15, -0.1) is 0 Å². The largest absolute Gasteiger partial charge is 0.375 e. The molecule has 1 aromatic carbocycles. The molecule has 1 amide bonds. The predicted octanol–water partition coefficient (Wildman–Crippen LogP) is 5.30. The number of carbonyl (C=O) groups excluding carboxylic acids is 1. The Morgan fingerprint density at radius 1 is 1.00 bits per heavy atom. The maximum Gasteiger partial charge on any atom is 0.222 e. The highest BCUT2D eigenvalue weighted by Crippen LogP contribution is 2.41. The topological polar surface area (TPSA) is 32.8 Å². The first-order valence-electron chi connectivity index (χ1n) is 13.0. The molecule has 4 fully saturated rings.